The minimum Gasteiger partial charge on any atom is -0.313 e. The van der Waals surface area contributed by atoms with Crippen LogP contribution in [0.4, 0.5) is 4.39 Å². The second-order valence-electron chi connectivity index (χ2n) is 5.07. The van der Waals surface area contributed by atoms with Gasteiger partial charge in [0.05, 0.1) is 10.7 Å². The van der Waals surface area contributed by atoms with Crippen LogP contribution in [-0.4, -0.2) is 16.8 Å². The van der Waals surface area contributed by atoms with Gasteiger partial charge in [0.1, 0.15) is 5.82 Å². The number of likely N-dealkylation sites (N-methyl/N-ethyl adjacent to an activating group) is 1. The highest BCUT2D eigenvalue weighted by Crippen LogP contribution is 2.27. The van der Waals surface area contributed by atoms with Crippen LogP contribution in [0.5, 0.6) is 0 Å². The Morgan fingerprint density at radius 2 is 2.10 bits per heavy atom. The number of benzene rings is 1. The zero-order chi connectivity index (χ0) is 14.7. The van der Waals surface area contributed by atoms with Gasteiger partial charge in [-0.3, -0.25) is 4.68 Å². The molecule has 108 valence electrons. The van der Waals surface area contributed by atoms with Crippen molar-refractivity contribution in [1.29, 1.82) is 0 Å². The topological polar surface area (TPSA) is 29.9 Å². The van der Waals surface area contributed by atoms with Crippen LogP contribution in [-0.2, 0) is 6.42 Å². The normalized spacial score (nSPS) is 12.9. The average Bonchev–Trinajstić information content (AvgIpc) is 2.88. The molecular formula is C15H19ClFN3. The molecule has 3 nitrogen and oxygen atoms in total. The molecule has 0 bridgehead atoms. The summed E-state index contributed by atoms with van der Waals surface area (Å²) in [6.07, 6.45) is 2.62. The molecule has 0 aliphatic heterocycles. The van der Waals surface area contributed by atoms with E-state index in [9.17, 15) is 4.39 Å². The number of nitrogens with zero attached hydrogens (tertiary/aromatic N) is 2. The molecule has 0 spiro atoms. The summed E-state index contributed by atoms with van der Waals surface area (Å²) in [6.45, 7) is 4.16. The molecule has 1 aromatic carbocycles. The molecule has 5 heteroatoms. The first-order chi connectivity index (χ1) is 9.52. The smallest absolute Gasteiger partial charge is 0.142 e. The van der Waals surface area contributed by atoms with Gasteiger partial charge in [-0.1, -0.05) is 23.7 Å². The number of rotatable bonds is 5. The van der Waals surface area contributed by atoms with E-state index in [0.29, 0.717) is 12.5 Å². The van der Waals surface area contributed by atoms with E-state index >= 15 is 0 Å². The Bertz CT molecular complexity index is 580. The van der Waals surface area contributed by atoms with Crippen molar-refractivity contribution in [3.05, 3.63) is 52.6 Å². The van der Waals surface area contributed by atoms with Gasteiger partial charge >= 0.3 is 0 Å². The van der Waals surface area contributed by atoms with E-state index in [4.69, 9.17) is 11.6 Å². The Morgan fingerprint density at radius 3 is 2.70 bits per heavy atom. The number of hydrogen-bond acceptors (Lipinski definition) is 2. The lowest BCUT2D eigenvalue weighted by Gasteiger charge is -2.17. The molecule has 0 amide bonds. The van der Waals surface area contributed by atoms with E-state index in [-0.39, 0.29) is 11.1 Å². The van der Waals surface area contributed by atoms with Crippen molar-refractivity contribution in [2.45, 2.75) is 32.4 Å². The summed E-state index contributed by atoms with van der Waals surface area (Å²) in [5, 5.41) is 7.86. The molecular weight excluding hydrogens is 277 g/mol. The molecule has 1 atom stereocenters. The van der Waals surface area contributed by atoms with E-state index in [1.807, 2.05) is 30.1 Å². The number of halogens is 2. The fourth-order valence-corrected chi connectivity index (χ4v) is 2.40. The summed E-state index contributed by atoms with van der Waals surface area (Å²) >= 11 is 6.05. The largest absolute Gasteiger partial charge is 0.313 e. The molecule has 1 unspecified atom stereocenters. The van der Waals surface area contributed by atoms with E-state index in [1.54, 1.807) is 6.07 Å². The van der Waals surface area contributed by atoms with E-state index in [1.165, 1.54) is 6.07 Å². The highest BCUT2D eigenvalue weighted by atomic mass is 35.5. The highest BCUT2D eigenvalue weighted by Gasteiger charge is 2.17. The number of hydrogen-bond donors (Lipinski definition) is 1. The van der Waals surface area contributed by atoms with Crippen LogP contribution in [0.2, 0.25) is 5.02 Å². The van der Waals surface area contributed by atoms with Crippen molar-refractivity contribution in [2.75, 3.05) is 7.05 Å². The summed E-state index contributed by atoms with van der Waals surface area (Å²) in [4.78, 5) is 0. The Labute approximate surface area is 123 Å². The SMILES string of the molecule is CNC(Cc1ccn(C(C)C)n1)c1cccc(F)c1Cl. The molecule has 1 heterocycles. The highest BCUT2D eigenvalue weighted by molar-refractivity contribution is 6.31. The first-order valence-corrected chi connectivity index (χ1v) is 7.06. The lowest BCUT2D eigenvalue weighted by atomic mass is 10.0. The van der Waals surface area contributed by atoms with Gasteiger partial charge in [-0.25, -0.2) is 4.39 Å². The minimum absolute atomic E-state index is 0.0614. The first kappa shape index (κ1) is 15.0. The van der Waals surface area contributed by atoms with Crippen LogP contribution >= 0.6 is 11.6 Å². The summed E-state index contributed by atoms with van der Waals surface area (Å²) in [7, 11) is 1.84. The maximum Gasteiger partial charge on any atom is 0.142 e. The van der Waals surface area contributed by atoms with Gasteiger partial charge in [0, 0.05) is 24.7 Å². The van der Waals surface area contributed by atoms with Crippen LogP contribution in [0.1, 0.15) is 37.2 Å². The van der Waals surface area contributed by atoms with Gasteiger partial charge in [0.15, 0.2) is 0 Å². The van der Waals surface area contributed by atoms with Gasteiger partial charge in [-0.15, -0.1) is 0 Å². The molecule has 0 aliphatic rings. The van der Waals surface area contributed by atoms with E-state index < -0.39 is 5.82 Å². The van der Waals surface area contributed by atoms with Crippen molar-refractivity contribution in [3.63, 3.8) is 0 Å². The molecule has 0 radical (unpaired) electrons. The predicted molar refractivity (Wildman–Crippen MR) is 79.5 cm³/mol. The minimum atomic E-state index is -0.392. The van der Waals surface area contributed by atoms with Gasteiger partial charge in [-0.2, -0.15) is 5.10 Å². The molecule has 20 heavy (non-hydrogen) atoms. The van der Waals surface area contributed by atoms with Crippen LogP contribution in [0.3, 0.4) is 0 Å². The van der Waals surface area contributed by atoms with Crippen molar-refractivity contribution in [3.8, 4) is 0 Å². The Kier molecular flexibility index (Phi) is 4.78. The van der Waals surface area contributed by atoms with Crippen molar-refractivity contribution in [1.82, 2.24) is 15.1 Å². The molecule has 1 N–H and O–H groups in total. The second kappa shape index (κ2) is 6.37. The third kappa shape index (κ3) is 3.19. The Balaban J connectivity index is 2.22. The van der Waals surface area contributed by atoms with Gasteiger partial charge in [0.2, 0.25) is 0 Å². The van der Waals surface area contributed by atoms with Crippen LogP contribution in [0.25, 0.3) is 0 Å². The Morgan fingerprint density at radius 1 is 1.35 bits per heavy atom. The summed E-state index contributed by atoms with van der Waals surface area (Å²) in [6, 6.07) is 7.13. The van der Waals surface area contributed by atoms with Crippen LogP contribution in [0, 0.1) is 5.82 Å². The summed E-state index contributed by atoms with van der Waals surface area (Å²) in [5.74, 6) is -0.392. The zero-order valence-corrected chi connectivity index (χ0v) is 12.7. The molecule has 0 saturated heterocycles. The van der Waals surface area contributed by atoms with E-state index in [2.05, 4.69) is 24.3 Å². The summed E-state index contributed by atoms with van der Waals surface area (Å²) in [5.41, 5.74) is 1.71. The fraction of sp³-hybridized carbons (Fsp3) is 0.400. The van der Waals surface area contributed by atoms with Crippen LogP contribution < -0.4 is 5.32 Å². The third-order valence-corrected chi connectivity index (χ3v) is 3.71. The second-order valence-corrected chi connectivity index (χ2v) is 5.45. The van der Waals surface area contributed by atoms with Crippen molar-refractivity contribution >= 4 is 11.6 Å². The lowest BCUT2D eigenvalue weighted by Crippen LogP contribution is -2.20. The fourth-order valence-electron chi connectivity index (χ4n) is 2.14. The van der Waals surface area contributed by atoms with Gasteiger partial charge in [-0.05, 0) is 38.6 Å². The monoisotopic (exact) mass is 295 g/mol. The van der Waals surface area contributed by atoms with Gasteiger partial charge in [0.25, 0.3) is 0 Å². The molecule has 2 rings (SSSR count). The zero-order valence-electron chi connectivity index (χ0n) is 11.9. The van der Waals surface area contributed by atoms with Crippen LogP contribution in [0.15, 0.2) is 30.5 Å². The molecule has 2 aromatic rings. The molecule has 0 fully saturated rings. The molecule has 0 saturated carbocycles. The average molecular weight is 296 g/mol. The van der Waals surface area contributed by atoms with Crippen molar-refractivity contribution in [2.24, 2.45) is 0 Å². The molecule has 0 aliphatic carbocycles. The van der Waals surface area contributed by atoms with E-state index in [0.717, 1.165) is 11.3 Å². The number of nitrogens with one attached hydrogen (secondary N) is 1. The maximum absolute atomic E-state index is 13.5. The lowest BCUT2D eigenvalue weighted by molar-refractivity contribution is 0.514. The van der Waals surface area contributed by atoms with Gasteiger partial charge < -0.3 is 5.32 Å². The molecule has 1 aromatic heterocycles. The summed E-state index contributed by atoms with van der Waals surface area (Å²) < 4.78 is 15.5. The Hall–Kier alpha value is -1.39. The first-order valence-electron chi connectivity index (χ1n) is 6.68. The predicted octanol–water partition coefficient (Wildman–Crippen LogP) is 3.76. The standard InChI is InChI=1S/C15H19ClFN3/c1-10(2)20-8-7-11(19-20)9-14(18-3)12-5-4-6-13(17)15(12)16/h4-8,10,14,18H,9H2,1-3H3. The number of aromatic nitrogens is 2. The quantitative estimate of drug-likeness (QED) is 0.910. The third-order valence-electron chi connectivity index (χ3n) is 3.31. The van der Waals surface area contributed by atoms with Crippen molar-refractivity contribution < 1.29 is 4.39 Å². The maximum atomic E-state index is 13.5.